The van der Waals surface area contributed by atoms with Crippen LogP contribution in [0, 0.1) is 0 Å². The van der Waals surface area contributed by atoms with Crippen LogP contribution in [0.25, 0.3) is 0 Å². The molecule has 142 valence electrons. The van der Waals surface area contributed by atoms with Crippen LogP contribution in [-0.2, 0) is 15.1 Å². The molecule has 0 bridgehead atoms. The van der Waals surface area contributed by atoms with Gasteiger partial charge in [-0.1, -0.05) is 30.5 Å². The summed E-state index contributed by atoms with van der Waals surface area (Å²) >= 11 is 1.54. The summed E-state index contributed by atoms with van der Waals surface area (Å²) in [5, 5.41) is 3.34. The molecule has 27 heavy (non-hydrogen) atoms. The normalized spacial score (nSPS) is 20.2. The lowest BCUT2D eigenvalue weighted by Gasteiger charge is -2.30. The molecule has 8 heteroatoms. The molecule has 1 aromatic carbocycles. The molecule has 2 amide bonds. The predicted octanol–water partition coefficient (Wildman–Crippen LogP) is 1.73. The van der Waals surface area contributed by atoms with Crippen molar-refractivity contribution in [2.45, 2.75) is 18.9 Å². The minimum absolute atomic E-state index is 0.0875. The smallest absolute Gasteiger partial charge is 0.255 e. The summed E-state index contributed by atoms with van der Waals surface area (Å²) in [5.74, 6) is -0.203. The number of amidine groups is 1. The molecular weight excluding hydrogens is 362 g/mol. The summed E-state index contributed by atoms with van der Waals surface area (Å²) in [6.07, 6.45) is 4.65. The molecule has 1 aromatic rings. The number of carbonyl (C=O) groups excluding carboxylic acids is 2. The number of rotatable bonds is 6. The molecule has 1 atom stereocenters. The molecule has 0 radical (unpaired) electrons. The summed E-state index contributed by atoms with van der Waals surface area (Å²) in [6, 6.07) is 7.46. The van der Waals surface area contributed by atoms with Gasteiger partial charge in [-0.25, -0.2) is 0 Å². The van der Waals surface area contributed by atoms with Gasteiger partial charge < -0.3 is 22.5 Å². The van der Waals surface area contributed by atoms with Gasteiger partial charge in [-0.3, -0.25) is 14.6 Å². The highest BCUT2D eigenvalue weighted by Crippen LogP contribution is 2.35. The van der Waals surface area contributed by atoms with Crippen LogP contribution in [0.5, 0.6) is 0 Å². The number of anilines is 1. The first-order valence-corrected chi connectivity index (χ1v) is 9.22. The van der Waals surface area contributed by atoms with E-state index in [1.54, 1.807) is 6.07 Å². The van der Waals surface area contributed by atoms with Gasteiger partial charge in [0.05, 0.1) is 11.1 Å². The molecule has 7 N–H and O–H groups in total. The van der Waals surface area contributed by atoms with Crippen LogP contribution in [0.2, 0.25) is 0 Å². The number of nitrogens with two attached hydrogens (primary N) is 3. The predicted molar refractivity (Wildman–Crippen MR) is 111 cm³/mol. The second-order valence-corrected chi connectivity index (χ2v) is 7.32. The van der Waals surface area contributed by atoms with Crippen molar-refractivity contribution in [3.05, 3.63) is 65.9 Å². The monoisotopic (exact) mass is 385 g/mol. The van der Waals surface area contributed by atoms with Gasteiger partial charge in [-0.2, -0.15) is 0 Å². The third-order valence-electron chi connectivity index (χ3n) is 4.16. The number of thioether (sulfide) groups is 1. The Morgan fingerprint density at radius 2 is 2.11 bits per heavy atom. The molecule has 0 spiro atoms. The Morgan fingerprint density at radius 1 is 1.37 bits per heavy atom. The average molecular weight is 385 g/mol. The maximum absolute atomic E-state index is 12.3. The number of aliphatic imine (C=N–C) groups is 1. The van der Waals surface area contributed by atoms with Crippen LogP contribution in [0.4, 0.5) is 5.69 Å². The Hall–Kier alpha value is -3.00. The van der Waals surface area contributed by atoms with Gasteiger partial charge in [-0.05, 0) is 43.2 Å². The van der Waals surface area contributed by atoms with E-state index >= 15 is 0 Å². The van der Waals surface area contributed by atoms with Gasteiger partial charge in [0.1, 0.15) is 0 Å². The summed E-state index contributed by atoms with van der Waals surface area (Å²) < 4.78 is 0. The molecule has 2 rings (SSSR count). The van der Waals surface area contributed by atoms with Crippen LogP contribution in [-0.4, -0.2) is 22.7 Å². The number of benzene rings is 1. The van der Waals surface area contributed by atoms with Crippen molar-refractivity contribution in [2.24, 2.45) is 22.2 Å². The Bertz CT molecular complexity index is 859. The fourth-order valence-corrected chi connectivity index (χ4v) is 3.50. The highest BCUT2D eigenvalue weighted by molar-refractivity contribution is 8.13. The fraction of sp³-hybridized carbons (Fsp3) is 0.211. The zero-order chi connectivity index (χ0) is 20.0. The number of amides is 2. The van der Waals surface area contributed by atoms with Crippen LogP contribution < -0.4 is 22.5 Å². The quantitative estimate of drug-likeness (QED) is 0.437. The van der Waals surface area contributed by atoms with Gasteiger partial charge in [-0.15, -0.1) is 0 Å². The van der Waals surface area contributed by atoms with E-state index in [-0.39, 0.29) is 11.1 Å². The van der Waals surface area contributed by atoms with E-state index < -0.39 is 17.4 Å². The Kier molecular flexibility index (Phi) is 6.46. The van der Waals surface area contributed by atoms with E-state index in [4.69, 9.17) is 17.2 Å². The lowest BCUT2D eigenvalue weighted by atomic mass is 9.89. The molecule has 0 fully saturated rings. The number of hydrogen-bond donors (Lipinski definition) is 4. The first kappa shape index (κ1) is 20.3. The second kappa shape index (κ2) is 8.59. The first-order valence-electron chi connectivity index (χ1n) is 8.24. The van der Waals surface area contributed by atoms with E-state index in [0.717, 1.165) is 23.9 Å². The minimum Gasteiger partial charge on any atom is -0.404 e. The zero-order valence-corrected chi connectivity index (χ0v) is 15.9. The summed E-state index contributed by atoms with van der Waals surface area (Å²) in [4.78, 5) is 28.0. The molecule has 0 aliphatic carbocycles. The SMILES string of the molecule is C=C(/C=C\C(=C/N)C(N)=O)C(=O)Nc1cccc(C2(C)CCSC(N)=N2)c1. The highest BCUT2D eigenvalue weighted by atomic mass is 32.2. The Morgan fingerprint density at radius 3 is 2.74 bits per heavy atom. The lowest BCUT2D eigenvalue weighted by Crippen LogP contribution is -2.28. The molecule has 0 saturated carbocycles. The van der Waals surface area contributed by atoms with Gasteiger partial charge >= 0.3 is 0 Å². The standard InChI is InChI=1S/C19H23N5O2S/c1-12(6-7-13(11-20)16(21)25)17(26)23-15-5-3-4-14(10-15)19(2)8-9-27-18(22)24-19/h3-7,10-11H,1,8-9,20H2,2H3,(H2,21,25)(H2,22,24)(H,23,26)/b7-6-,13-11+. The number of nitrogens with one attached hydrogen (secondary N) is 1. The number of carbonyl (C=O) groups is 2. The van der Waals surface area contributed by atoms with Crippen molar-refractivity contribution < 1.29 is 9.59 Å². The molecule has 0 saturated heterocycles. The molecule has 1 unspecified atom stereocenters. The lowest BCUT2D eigenvalue weighted by molar-refractivity contribution is -0.114. The third-order valence-corrected chi connectivity index (χ3v) is 4.95. The minimum atomic E-state index is -0.687. The molecule has 7 nitrogen and oxygen atoms in total. The first-order chi connectivity index (χ1) is 12.7. The van der Waals surface area contributed by atoms with Crippen LogP contribution >= 0.6 is 11.8 Å². The van der Waals surface area contributed by atoms with Crippen LogP contribution in [0.1, 0.15) is 18.9 Å². The van der Waals surface area contributed by atoms with Crippen molar-refractivity contribution in [3.8, 4) is 0 Å². The Balaban J connectivity index is 2.13. The third kappa shape index (κ3) is 5.24. The highest BCUT2D eigenvalue weighted by Gasteiger charge is 2.29. The molecular formula is C19H23N5O2S. The number of hydrogen-bond acceptors (Lipinski definition) is 6. The molecule has 1 heterocycles. The summed E-state index contributed by atoms with van der Waals surface area (Å²) in [6.45, 7) is 5.71. The van der Waals surface area contributed by atoms with E-state index in [0.29, 0.717) is 10.9 Å². The van der Waals surface area contributed by atoms with Crippen LogP contribution in [0.15, 0.2) is 65.3 Å². The van der Waals surface area contributed by atoms with E-state index in [1.165, 1.54) is 23.9 Å². The number of primary amides is 1. The fourth-order valence-electron chi connectivity index (χ4n) is 2.52. The molecule has 0 aromatic heterocycles. The van der Waals surface area contributed by atoms with E-state index in [2.05, 4.69) is 16.9 Å². The maximum Gasteiger partial charge on any atom is 0.255 e. The van der Waals surface area contributed by atoms with Crippen molar-refractivity contribution in [3.63, 3.8) is 0 Å². The average Bonchev–Trinajstić information content (AvgIpc) is 2.61. The topological polar surface area (TPSA) is 137 Å². The van der Waals surface area contributed by atoms with E-state index in [9.17, 15) is 9.59 Å². The molecule has 1 aliphatic heterocycles. The van der Waals surface area contributed by atoms with Gasteiger partial charge in [0.15, 0.2) is 5.17 Å². The van der Waals surface area contributed by atoms with Crippen molar-refractivity contribution in [2.75, 3.05) is 11.1 Å². The zero-order valence-electron chi connectivity index (χ0n) is 15.1. The maximum atomic E-state index is 12.3. The summed E-state index contributed by atoms with van der Waals surface area (Å²) in [7, 11) is 0. The van der Waals surface area contributed by atoms with Crippen molar-refractivity contribution in [1.82, 2.24) is 0 Å². The van der Waals surface area contributed by atoms with E-state index in [1.807, 2.05) is 25.1 Å². The number of nitrogens with zero attached hydrogens (tertiary/aromatic N) is 1. The summed E-state index contributed by atoms with van der Waals surface area (Å²) in [5.41, 5.74) is 17.7. The van der Waals surface area contributed by atoms with Crippen molar-refractivity contribution in [1.29, 1.82) is 0 Å². The molecule has 1 aliphatic rings. The largest absolute Gasteiger partial charge is 0.404 e. The van der Waals surface area contributed by atoms with Gasteiger partial charge in [0.2, 0.25) is 5.91 Å². The van der Waals surface area contributed by atoms with Gasteiger partial charge in [0.25, 0.3) is 5.91 Å². The Labute approximate surface area is 162 Å². The van der Waals surface area contributed by atoms with Crippen molar-refractivity contribution >= 4 is 34.4 Å². The van der Waals surface area contributed by atoms with Gasteiger partial charge in [0, 0.05) is 23.2 Å². The second-order valence-electron chi connectivity index (χ2n) is 6.20. The van der Waals surface area contributed by atoms with Crippen LogP contribution in [0.3, 0.4) is 0 Å².